The molecule has 0 bridgehead atoms. The molecular weight excluding hydrogens is 416 g/mol. The smallest absolute Gasteiger partial charge is 0.341 e. The van der Waals surface area contributed by atoms with Gasteiger partial charge in [-0.1, -0.05) is 36.4 Å². The van der Waals surface area contributed by atoms with Crippen molar-refractivity contribution in [2.75, 3.05) is 5.32 Å². The second-order valence-corrected chi connectivity index (χ2v) is 8.31. The number of alkyl halides is 2. The fraction of sp³-hybridized carbons (Fsp3) is 0.143. The van der Waals surface area contributed by atoms with Gasteiger partial charge in [-0.2, -0.15) is 8.78 Å². The van der Waals surface area contributed by atoms with Crippen LogP contribution in [-0.4, -0.2) is 32.2 Å². The summed E-state index contributed by atoms with van der Waals surface area (Å²) < 4.78 is 53.1. The minimum Gasteiger partial charge on any atom is -0.449 e. The number of hydrogen-bond acceptors (Lipinski definition) is 5. The van der Waals surface area contributed by atoms with Crippen LogP contribution in [0.2, 0.25) is 0 Å². The standard InChI is InChI=1S/C21H17F2NO5S/c1-13(19(25)24-18-8-4-6-14-5-2-3-7-17(14)18)29-20(26)15-9-11-16(12-10-15)30(27,28)21(22)23/h2-13,21H,1H3,(H,24,25). The molecule has 3 aromatic rings. The van der Waals surface area contributed by atoms with Crippen molar-refractivity contribution in [1.82, 2.24) is 0 Å². The van der Waals surface area contributed by atoms with Crippen molar-refractivity contribution < 1.29 is 31.5 Å². The summed E-state index contributed by atoms with van der Waals surface area (Å²) in [7, 11) is -4.76. The molecule has 1 atom stereocenters. The predicted octanol–water partition coefficient (Wildman–Crippen LogP) is 4.02. The Morgan fingerprint density at radius 3 is 2.23 bits per heavy atom. The molecule has 0 spiro atoms. The van der Waals surface area contributed by atoms with Crippen molar-refractivity contribution >= 4 is 38.2 Å². The van der Waals surface area contributed by atoms with E-state index in [0.29, 0.717) is 5.69 Å². The Kier molecular flexibility index (Phi) is 6.12. The fourth-order valence-electron chi connectivity index (χ4n) is 2.73. The third-order valence-electron chi connectivity index (χ3n) is 4.35. The van der Waals surface area contributed by atoms with E-state index in [9.17, 15) is 26.8 Å². The van der Waals surface area contributed by atoms with Gasteiger partial charge in [0, 0.05) is 11.1 Å². The first-order valence-electron chi connectivity index (χ1n) is 8.82. The normalized spacial score (nSPS) is 12.5. The van der Waals surface area contributed by atoms with E-state index in [2.05, 4.69) is 5.32 Å². The highest BCUT2D eigenvalue weighted by molar-refractivity contribution is 7.91. The number of sulfone groups is 1. The van der Waals surface area contributed by atoms with Gasteiger partial charge < -0.3 is 10.1 Å². The molecule has 1 N–H and O–H groups in total. The third-order valence-corrected chi connectivity index (χ3v) is 5.75. The van der Waals surface area contributed by atoms with Crippen LogP contribution in [0.15, 0.2) is 71.6 Å². The number of amides is 1. The van der Waals surface area contributed by atoms with Gasteiger partial charge in [-0.15, -0.1) is 0 Å². The van der Waals surface area contributed by atoms with E-state index < -0.39 is 38.5 Å². The second kappa shape index (κ2) is 8.58. The van der Waals surface area contributed by atoms with E-state index in [1.165, 1.54) is 6.92 Å². The minimum atomic E-state index is -4.76. The van der Waals surface area contributed by atoms with Crippen LogP contribution in [0.3, 0.4) is 0 Å². The average molecular weight is 433 g/mol. The van der Waals surface area contributed by atoms with E-state index in [1.807, 2.05) is 30.3 Å². The molecule has 0 radical (unpaired) electrons. The zero-order chi connectivity index (χ0) is 21.9. The lowest BCUT2D eigenvalue weighted by Gasteiger charge is -2.15. The van der Waals surface area contributed by atoms with E-state index >= 15 is 0 Å². The quantitative estimate of drug-likeness (QED) is 0.593. The molecule has 0 fully saturated rings. The number of halogens is 2. The number of hydrogen-bond donors (Lipinski definition) is 1. The van der Waals surface area contributed by atoms with Gasteiger partial charge in [0.2, 0.25) is 9.84 Å². The van der Waals surface area contributed by atoms with Crippen LogP contribution in [0.4, 0.5) is 14.5 Å². The lowest BCUT2D eigenvalue weighted by Crippen LogP contribution is -2.30. The van der Waals surface area contributed by atoms with Gasteiger partial charge in [-0.3, -0.25) is 4.79 Å². The molecule has 0 aliphatic carbocycles. The third kappa shape index (κ3) is 4.46. The summed E-state index contributed by atoms with van der Waals surface area (Å²) in [5.74, 6) is -5.01. The molecule has 0 heterocycles. The summed E-state index contributed by atoms with van der Waals surface area (Å²) in [6.07, 6.45) is -1.15. The topological polar surface area (TPSA) is 89.5 Å². The second-order valence-electron chi connectivity index (χ2n) is 6.39. The van der Waals surface area contributed by atoms with E-state index in [4.69, 9.17) is 4.74 Å². The molecule has 1 amide bonds. The molecule has 3 rings (SSSR count). The summed E-state index contributed by atoms with van der Waals surface area (Å²) in [5.41, 5.74) is 0.482. The summed E-state index contributed by atoms with van der Waals surface area (Å²) in [6.45, 7) is 1.38. The maximum absolute atomic E-state index is 12.6. The van der Waals surface area contributed by atoms with Gasteiger partial charge in [-0.05, 0) is 42.6 Å². The largest absolute Gasteiger partial charge is 0.449 e. The number of carbonyl (C=O) groups excluding carboxylic acids is 2. The molecule has 1 unspecified atom stereocenters. The first-order valence-corrected chi connectivity index (χ1v) is 10.4. The first-order chi connectivity index (χ1) is 14.2. The molecule has 0 saturated heterocycles. The van der Waals surface area contributed by atoms with Crippen LogP contribution in [-0.2, 0) is 19.4 Å². The van der Waals surface area contributed by atoms with Crippen LogP contribution in [0.5, 0.6) is 0 Å². The van der Waals surface area contributed by atoms with Crippen molar-refractivity contribution in [2.24, 2.45) is 0 Å². The van der Waals surface area contributed by atoms with Gasteiger partial charge >= 0.3 is 11.7 Å². The number of esters is 1. The summed E-state index contributed by atoms with van der Waals surface area (Å²) in [4.78, 5) is 24.0. The Bertz CT molecular complexity index is 1190. The highest BCUT2D eigenvalue weighted by Gasteiger charge is 2.27. The molecule has 0 aliphatic rings. The Hall–Kier alpha value is -3.33. The maximum atomic E-state index is 12.6. The van der Waals surface area contributed by atoms with Crippen molar-refractivity contribution in [1.29, 1.82) is 0 Å². The lowest BCUT2D eigenvalue weighted by molar-refractivity contribution is -0.123. The van der Waals surface area contributed by atoms with Crippen molar-refractivity contribution in [2.45, 2.75) is 23.7 Å². The molecule has 0 aromatic heterocycles. The zero-order valence-corrected chi connectivity index (χ0v) is 16.5. The van der Waals surface area contributed by atoms with Crippen LogP contribution in [0, 0.1) is 0 Å². The van der Waals surface area contributed by atoms with Crippen molar-refractivity contribution in [3.8, 4) is 0 Å². The Labute approximate surface area is 171 Å². The van der Waals surface area contributed by atoms with Crippen LogP contribution < -0.4 is 5.32 Å². The number of rotatable bonds is 6. The highest BCUT2D eigenvalue weighted by Crippen LogP contribution is 2.23. The molecule has 0 saturated carbocycles. The molecular formula is C21H17F2NO5S. The monoisotopic (exact) mass is 433 g/mol. The van der Waals surface area contributed by atoms with E-state index in [-0.39, 0.29) is 5.56 Å². The first kappa shape index (κ1) is 21.4. The lowest BCUT2D eigenvalue weighted by atomic mass is 10.1. The summed E-state index contributed by atoms with van der Waals surface area (Å²) in [6, 6.07) is 16.7. The fourth-order valence-corrected chi connectivity index (χ4v) is 3.46. The summed E-state index contributed by atoms with van der Waals surface area (Å²) in [5, 5.41) is 4.46. The Balaban J connectivity index is 1.68. The van der Waals surface area contributed by atoms with Crippen molar-refractivity contribution in [3.63, 3.8) is 0 Å². The van der Waals surface area contributed by atoms with E-state index in [0.717, 1.165) is 35.0 Å². The van der Waals surface area contributed by atoms with Crippen LogP contribution in [0.1, 0.15) is 17.3 Å². The number of nitrogens with one attached hydrogen (secondary N) is 1. The number of ether oxygens (including phenoxy) is 1. The van der Waals surface area contributed by atoms with Gasteiger partial charge in [0.1, 0.15) is 0 Å². The van der Waals surface area contributed by atoms with Crippen molar-refractivity contribution in [3.05, 3.63) is 72.3 Å². The molecule has 0 aliphatic heterocycles. The van der Waals surface area contributed by atoms with E-state index in [1.54, 1.807) is 12.1 Å². The number of fused-ring (bicyclic) bond motifs is 1. The predicted molar refractivity (Wildman–Crippen MR) is 107 cm³/mol. The highest BCUT2D eigenvalue weighted by atomic mass is 32.2. The number of anilines is 1. The van der Waals surface area contributed by atoms with Gasteiger partial charge in [0.25, 0.3) is 5.91 Å². The Morgan fingerprint density at radius 2 is 1.57 bits per heavy atom. The van der Waals surface area contributed by atoms with Crippen LogP contribution in [0.25, 0.3) is 10.8 Å². The summed E-state index contributed by atoms with van der Waals surface area (Å²) >= 11 is 0. The van der Waals surface area contributed by atoms with Gasteiger partial charge in [0.15, 0.2) is 6.10 Å². The SMILES string of the molecule is CC(OC(=O)c1ccc(S(=O)(=O)C(F)F)cc1)C(=O)Nc1cccc2ccccc12. The molecule has 3 aromatic carbocycles. The molecule has 156 valence electrons. The number of benzene rings is 3. The molecule has 9 heteroatoms. The Morgan fingerprint density at radius 1 is 0.933 bits per heavy atom. The zero-order valence-electron chi connectivity index (χ0n) is 15.7. The average Bonchev–Trinajstić information content (AvgIpc) is 2.73. The maximum Gasteiger partial charge on any atom is 0.341 e. The van der Waals surface area contributed by atoms with Gasteiger partial charge in [0.05, 0.1) is 10.5 Å². The van der Waals surface area contributed by atoms with Crippen LogP contribution >= 0.6 is 0 Å². The minimum absolute atomic E-state index is 0.0759. The van der Waals surface area contributed by atoms with Gasteiger partial charge in [-0.25, -0.2) is 13.2 Å². The molecule has 6 nitrogen and oxygen atoms in total. The molecule has 30 heavy (non-hydrogen) atoms. The number of carbonyl (C=O) groups is 2.